The topological polar surface area (TPSA) is 57.5 Å². The number of hydrogen-bond acceptors (Lipinski definition) is 1. The second-order valence-electron chi connectivity index (χ2n) is 3.15. The molecule has 0 radical (unpaired) electrons. The van der Waals surface area contributed by atoms with Gasteiger partial charge in [0.25, 0.3) is 0 Å². The van der Waals surface area contributed by atoms with E-state index >= 15 is 0 Å². The Labute approximate surface area is 96.6 Å². The molecule has 5 heteroatoms. The van der Waals surface area contributed by atoms with Gasteiger partial charge in [0.15, 0.2) is 0 Å². The third-order valence-corrected chi connectivity index (χ3v) is 3.66. The fraction of sp³-hybridized carbons (Fsp3) is 1.00. The van der Waals surface area contributed by atoms with Gasteiger partial charge in [-0.1, -0.05) is 33.1 Å². The second kappa shape index (κ2) is 8.24. The fourth-order valence-corrected chi connectivity index (χ4v) is 2.23. The Morgan fingerprint density at radius 2 is 1.77 bits per heavy atom. The number of rotatable bonds is 6. The predicted molar refractivity (Wildman–Crippen MR) is 58.8 cm³/mol. The minimum absolute atomic E-state index is 0. The predicted octanol–water partition coefficient (Wildman–Crippen LogP) is 1.61. The highest BCUT2D eigenvalue weighted by atomic mass is 31.2. The van der Waals surface area contributed by atoms with Crippen LogP contribution >= 0.6 is 7.60 Å². The maximum absolute atomic E-state index is 10.9. The van der Waals surface area contributed by atoms with Crippen molar-refractivity contribution in [2.24, 2.45) is 0 Å². The molecule has 0 aromatic carbocycles. The average Bonchev–Trinajstić information content (AvgIpc) is 1.95. The first-order chi connectivity index (χ1) is 5.52. The monoisotopic (exact) mass is 220 g/mol. The van der Waals surface area contributed by atoms with Crippen LogP contribution in [-0.2, 0) is 4.57 Å². The lowest BCUT2D eigenvalue weighted by molar-refractivity contribution is 0.350. The van der Waals surface area contributed by atoms with Crippen LogP contribution in [0.2, 0.25) is 0 Å². The summed E-state index contributed by atoms with van der Waals surface area (Å²) in [5.74, 6) is 0. The Balaban J connectivity index is 0. The smallest absolute Gasteiger partial charge is 0.324 e. The fourth-order valence-electron chi connectivity index (χ4n) is 1.24. The van der Waals surface area contributed by atoms with Gasteiger partial charge < -0.3 is 9.79 Å². The summed E-state index contributed by atoms with van der Waals surface area (Å²) < 4.78 is 10.9. The molecule has 0 aromatic rings. The highest BCUT2D eigenvalue weighted by Gasteiger charge is 2.25. The van der Waals surface area contributed by atoms with Crippen LogP contribution in [0, 0.1) is 0 Å². The Kier molecular flexibility index (Phi) is 10.4. The van der Waals surface area contributed by atoms with Crippen molar-refractivity contribution in [3.8, 4) is 0 Å². The molecule has 78 valence electrons. The van der Waals surface area contributed by atoms with Crippen molar-refractivity contribution in [1.82, 2.24) is 0 Å². The largest absolute Gasteiger partial charge is 0.328 e. The summed E-state index contributed by atoms with van der Waals surface area (Å²) in [6.07, 6.45) is 4.33. The van der Waals surface area contributed by atoms with E-state index in [0.29, 0.717) is 12.8 Å². The van der Waals surface area contributed by atoms with E-state index in [4.69, 9.17) is 9.79 Å². The molecule has 13 heavy (non-hydrogen) atoms. The highest BCUT2D eigenvalue weighted by Crippen LogP contribution is 2.45. The quantitative estimate of drug-likeness (QED) is 0.406. The van der Waals surface area contributed by atoms with Gasteiger partial charge in [-0.3, -0.25) is 4.57 Å². The van der Waals surface area contributed by atoms with Crippen LogP contribution in [0.15, 0.2) is 0 Å². The maximum Gasteiger partial charge on any atom is 0.328 e. The SMILES string of the molecule is CCCCCC(CC)P(=O)(O)O.[MgH2]. The van der Waals surface area contributed by atoms with Crippen molar-refractivity contribution in [1.29, 1.82) is 0 Å². The van der Waals surface area contributed by atoms with Crippen molar-refractivity contribution in [2.45, 2.75) is 51.6 Å². The molecule has 0 fully saturated rings. The standard InChI is InChI=1S/C8H19O3P.Mg.2H/c1-3-5-6-7-8(4-2)12(9,10)11;;;/h8H,3-7H2,1-2H3,(H2,9,10,11);;;. The molecule has 0 heterocycles. The zero-order valence-corrected chi connectivity index (χ0v) is 8.76. The van der Waals surface area contributed by atoms with Gasteiger partial charge in [0, 0.05) is 0 Å². The molecule has 0 bridgehead atoms. The van der Waals surface area contributed by atoms with Gasteiger partial charge in [-0.2, -0.15) is 0 Å². The Hall–Kier alpha value is 0.916. The molecule has 0 aromatic heterocycles. The maximum atomic E-state index is 10.9. The van der Waals surface area contributed by atoms with Gasteiger partial charge in [-0.25, -0.2) is 0 Å². The third kappa shape index (κ3) is 7.95. The first-order valence-corrected chi connectivity index (χ1v) is 6.25. The lowest BCUT2D eigenvalue weighted by Gasteiger charge is -2.15. The highest BCUT2D eigenvalue weighted by molar-refractivity contribution is 7.52. The van der Waals surface area contributed by atoms with Gasteiger partial charge in [0.1, 0.15) is 0 Å². The van der Waals surface area contributed by atoms with Crippen LogP contribution in [0.25, 0.3) is 0 Å². The van der Waals surface area contributed by atoms with Crippen molar-refractivity contribution < 1.29 is 14.4 Å². The van der Waals surface area contributed by atoms with Gasteiger partial charge in [0.05, 0.1) is 5.66 Å². The van der Waals surface area contributed by atoms with Crippen molar-refractivity contribution >= 4 is 30.6 Å². The van der Waals surface area contributed by atoms with E-state index in [0.717, 1.165) is 19.3 Å². The molecule has 0 rings (SSSR count). The normalized spacial score (nSPS) is 13.5. The van der Waals surface area contributed by atoms with Crippen molar-refractivity contribution in [3.05, 3.63) is 0 Å². The average molecular weight is 221 g/mol. The first kappa shape index (κ1) is 16.3. The van der Waals surface area contributed by atoms with Crippen LogP contribution in [0.1, 0.15) is 46.0 Å². The minimum Gasteiger partial charge on any atom is -0.324 e. The van der Waals surface area contributed by atoms with Gasteiger partial charge >= 0.3 is 30.6 Å². The van der Waals surface area contributed by atoms with Gasteiger partial charge in [0.2, 0.25) is 0 Å². The summed E-state index contributed by atoms with van der Waals surface area (Å²) in [4.78, 5) is 17.8. The minimum atomic E-state index is -3.82. The molecule has 0 saturated carbocycles. The second-order valence-corrected chi connectivity index (χ2v) is 5.06. The Morgan fingerprint density at radius 3 is 2.08 bits per heavy atom. The van der Waals surface area contributed by atoms with Crippen LogP contribution in [0.3, 0.4) is 0 Å². The molecule has 0 aliphatic heterocycles. The Bertz CT molecular complexity index is 157. The Morgan fingerprint density at radius 1 is 1.23 bits per heavy atom. The molecule has 0 aliphatic rings. The number of unbranched alkanes of at least 4 members (excludes halogenated alkanes) is 2. The van der Waals surface area contributed by atoms with Crippen LogP contribution in [0.5, 0.6) is 0 Å². The molecule has 3 nitrogen and oxygen atoms in total. The number of hydrogen-bond donors (Lipinski definition) is 2. The van der Waals surface area contributed by atoms with E-state index in [-0.39, 0.29) is 23.1 Å². The lowest BCUT2D eigenvalue weighted by atomic mass is 10.1. The van der Waals surface area contributed by atoms with E-state index in [2.05, 4.69) is 6.92 Å². The molecule has 0 amide bonds. The van der Waals surface area contributed by atoms with Crippen molar-refractivity contribution in [2.75, 3.05) is 0 Å². The van der Waals surface area contributed by atoms with E-state index in [1.54, 1.807) is 0 Å². The molecule has 0 spiro atoms. The zero-order valence-electron chi connectivity index (χ0n) is 7.86. The lowest BCUT2D eigenvalue weighted by Crippen LogP contribution is -2.06. The van der Waals surface area contributed by atoms with Crippen LogP contribution in [0.4, 0.5) is 0 Å². The van der Waals surface area contributed by atoms with E-state index < -0.39 is 13.3 Å². The molecule has 1 unspecified atom stereocenters. The summed E-state index contributed by atoms with van der Waals surface area (Å²) in [6, 6.07) is 0. The molecular formula is C8H21MgO3P. The summed E-state index contributed by atoms with van der Waals surface area (Å²) in [6.45, 7) is 3.91. The molecular weight excluding hydrogens is 199 g/mol. The summed E-state index contributed by atoms with van der Waals surface area (Å²) in [7, 11) is -3.82. The molecule has 2 N–H and O–H groups in total. The molecule has 1 atom stereocenters. The van der Waals surface area contributed by atoms with Gasteiger partial charge in [-0.05, 0) is 12.8 Å². The first-order valence-electron chi connectivity index (χ1n) is 4.57. The van der Waals surface area contributed by atoms with E-state index in [9.17, 15) is 4.57 Å². The van der Waals surface area contributed by atoms with Crippen molar-refractivity contribution in [3.63, 3.8) is 0 Å². The molecule has 0 saturated heterocycles. The summed E-state index contributed by atoms with van der Waals surface area (Å²) in [5, 5.41) is 0. The van der Waals surface area contributed by atoms with E-state index in [1.165, 1.54) is 0 Å². The van der Waals surface area contributed by atoms with E-state index in [1.807, 2.05) is 6.92 Å². The zero-order chi connectivity index (χ0) is 9.61. The van der Waals surface area contributed by atoms with Gasteiger partial charge in [-0.15, -0.1) is 0 Å². The summed E-state index contributed by atoms with van der Waals surface area (Å²) >= 11 is 0. The molecule has 0 aliphatic carbocycles. The van der Waals surface area contributed by atoms with Crippen LogP contribution < -0.4 is 0 Å². The summed E-state index contributed by atoms with van der Waals surface area (Å²) in [5.41, 5.74) is -0.413. The van der Waals surface area contributed by atoms with Crippen LogP contribution in [-0.4, -0.2) is 38.5 Å². The third-order valence-electron chi connectivity index (χ3n) is 2.09.